The van der Waals surface area contributed by atoms with Gasteiger partial charge in [-0.05, 0) is 115 Å². The van der Waals surface area contributed by atoms with Gasteiger partial charge in [0.05, 0.1) is 0 Å². The van der Waals surface area contributed by atoms with Gasteiger partial charge in [-0.2, -0.15) is 0 Å². The molecule has 0 N–H and O–H groups in total. The highest BCUT2D eigenvalue weighted by Crippen LogP contribution is 2.67. The summed E-state index contributed by atoms with van der Waals surface area (Å²) in [5, 5.41) is 0. The Labute approximate surface area is 192 Å². The van der Waals surface area contributed by atoms with E-state index < -0.39 is 0 Å². The quantitative estimate of drug-likeness (QED) is 0.468. The number of aromatic nitrogens is 1. The lowest BCUT2D eigenvalue weighted by atomic mass is 9.44. The molecule has 0 amide bonds. The summed E-state index contributed by atoms with van der Waals surface area (Å²) >= 11 is 0. The van der Waals surface area contributed by atoms with E-state index in [2.05, 4.69) is 46.8 Å². The fraction of sp³-hybridized carbons (Fsp3) is 0.833. The van der Waals surface area contributed by atoms with Crippen LogP contribution in [0.4, 0.5) is 0 Å². The lowest BCUT2D eigenvalue weighted by Crippen LogP contribution is -2.54. The minimum absolute atomic E-state index is 0.515. The van der Waals surface area contributed by atoms with Crippen molar-refractivity contribution in [2.24, 2.45) is 52.3 Å². The average Bonchev–Trinajstić information content (AvgIpc) is 3.09. The molecule has 1 nitrogen and oxygen atoms in total. The molecule has 4 aliphatic carbocycles. The van der Waals surface area contributed by atoms with Gasteiger partial charge in [-0.1, -0.05) is 59.9 Å². The fourth-order valence-corrected chi connectivity index (χ4v) is 9.63. The van der Waals surface area contributed by atoms with Gasteiger partial charge in [0.15, 0.2) is 0 Å². The molecule has 1 aromatic rings. The summed E-state index contributed by atoms with van der Waals surface area (Å²) in [6, 6.07) is 4.55. The van der Waals surface area contributed by atoms with Crippen LogP contribution in [0.1, 0.15) is 104 Å². The van der Waals surface area contributed by atoms with Crippen LogP contribution in [0.15, 0.2) is 18.3 Å². The Morgan fingerprint density at radius 2 is 1.77 bits per heavy atom. The zero-order chi connectivity index (χ0) is 21.8. The van der Waals surface area contributed by atoms with Crippen molar-refractivity contribution in [1.82, 2.24) is 4.98 Å². The largest absolute Gasteiger partial charge is 0.261 e. The van der Waals surface area contributed by atoms with Crippen LogP contribution in [0, 0.1) is 52.3 Å². The molecule has 0 unspecified atom stereocenters. The molecule has 31 heavy (non-hydrogen) atoms. The normalized spacial score (nSPS) is 42.5. The van der Waals surface area contributed by atoms with Gasteiger partial charge >= 0.3 is 0 Å². The van der Waals surface area contributed by atoms with Crippen LogP contribution in [0.2, 0.25) is 0 Å². The van der Waals surface area contributed by atoms with Crippen molar-refractivity contribution in [2.45, 2.75) is 105 Å². The molecule has 0 radical (unpaired) electrons. The molecule has 0 saturated heterocycles. The van der Waals surface area contributed by atoms with E-state index in [0.717, 1.165) is 41.4 Å². The van der Waals surface area contributed by atoms with Gasteiger partial charge < -0.3 is 0 Å². The van der Waals surface area contributed by atoms with E-state index in [1.54, 1.807) is 5.56 Å². The third kappa shape index (κ3) is 3.61. The van der Waals surface area contributed by atoms with Gasteiger partial charge in [-0.3, -0.25) is 4.98 Å². The molecular weight excluding hydrogens is 374 g/mol. The van der Waals surface area contributed by atoms with Crippen LogP contribution in [0.5, 0.6) is 0 Å². The molecule has 0 aromatic carbocycles. The van der Waals surface area contributed by atoms with Crippen LogP contribution >= 0.6 is 0 Å². The van der Waals surface area contributed by atoms with Crippen molar-refractivity contribution in [3.63, 3.8) is 0 Å². The monoisotopic (exact) mass is 421 g/mol. The second-order valence-corrected chi connectivity index (χ2v) is 13.2. The Balaban J connectivity index is 1.33. The number of pyridine rings is 1. The van der Waals surface area contributed by atoms with E-state index in [-0.39, 0.29) is 0 Å². The zero-order valence-electron chi connectivity index (χ0n) is 21.0. The summed E-state index contributed by atoms with van der Waals surface area (Å²) in [7, 11) is 0. The number of hydrogen-bond acceptors (Lipinski definition) is 1. The molecule has 1 aromatic heterocycles. The number of hydrogen-bond donors (Lipinski definition) is 0. The lowest BCUT2D eigenvalue weighted by Gasteiger charge is -2.60. The minimum atomic E-state index is 0.515. The van der Waals surface area contributed by atoms with Crippen molar-refractivity contribution in [3.05, 3.63) is 29.6 Å². The second kappa shape index (κ2) is 8.18. The van der Waals surface area contributed by atoms with Crippen molar-refractivity contribution < 1.29 is 0 Å². The first-order valence-corrected chi connectivity index (χ1v) is 13.8. The minimum Gasteiger partial charge on any atom is -0.261 e. The molecule has 4 aliphatic rings. The summed E-state index contributed by atoms with van der Waals surface area (Å²) in [5.74, 6) is 6.57. The summed E-state index contributed by atoms with van der Waals surface area (Å²) < 4.78 is 0. The van der Waals surface area contributed by atoms with Crippen LogP contribution in [-0.2, 0) is 12.8 Å². The Morgan fingerprint density at radius 1 is 0.968 bits per heavy atom. The predicted octanol–water partition coefficient (Wildman–Crippen LogP) is 8.12. The van der Waals surface area contributed by atoms with E-state index in [9.17, 15) is 0 Å². The molecule has 0 bridgehead atoms. The third-order valence-electron chi connectivity index (χ3n) is 11.3. The average molecular weight is 422 g/mol. The molecular formula is C30H47N. The SMILES string of the molecule is CC(C)CCC[C@@H](C)[C@H]1CC[C@H]2[C@@H]3CC[C@H]4Cc5ncccc5C[C@]4(C)[C@H]3CC[C@]12C. The van der Waals surface area contributed by atoms with E-state index in [1.807, 2.05) is 6.20 Å². The lowest BCUT2D eigenvalue weighted by molar-refractivity contribution is -0.103. The molecule has 1 heteroatoms. The molecule has 172 valence electrons. The van der Waals surface area contributed by atoms with E-state index in [1.165, 1.54) is 76.3 Å². The number of nitrogens with zero attached hydrogens (tertiary/aromatic N) is 1. The number of fused-ring (bicyclic) bond motifs is 6. The topological polar surface area (TPSA) is 12.9 Å². The smallest absolute Gasteiger partial charge is 0.0438 e. The summed E-state index contributed by atoms with van der Waals surface area (Å²) in [6.45, 7) is 12.8. The predicted molar refractivity (Wildman–Crippen MR) is 131 cm³/mol. The highest BCUT2D eigenvalue weighted by molar-refractivity contribution is 5.27. The van der Waals surface area contributed by atoms with E-state index in [0.29, 0.717) is 10.8 Å². The zero-order valence-corrected chi connectivity index (χ0v) is 21.0. The fourth-order valence-electron chi connectivity index (χ4n) is 9.63. The Kier molecular flexibility index (Phi) is 5.79. The van der Waals surface area contributed by atoms with Crippen LogP contribution in [-0.4, -0.2) is 4.98 Å². The summed E-state index contributed by atoms with van der Waals surface area (Å²) in [4.78, 5) is 4.77. The summed E-state index contributed by atoms with van der Waals surface area (Å²) in [6.07, 6.45) is 17.9. The van der Waals surface area contributed by atoms with Gasteiger partial charge in [-0.15, -0.1) is 0 Å². The Morgan fingerprint density at radius 3 is 2.58 bits per heavy atom. The maximum Gasteiger partial charge on any atom is 0.0438 e. The molecule has 0 aliphatic heterocycles. The van der Waals surface area contributed by atoms with Crippen molar-refractivity contribution in [3.8, 4) is 0 Å². The Hall–Kier alpha value is -0.850. The highest BCUT2D eigenvalue weighted by atomic mass is 14.7. The van der Waals surface area contributed by atoms with Crippen molar-refractivity contribution in [2.75, 3.05) is 0 Å². The maximum atomic E-state index is 4.77. The molecule has 3 fully saturated rings. The number of rotatable bonds is 5. The molecule has 1 heterocycles. The third-order valence-corrected chi connectivity index (χ3v) is 11.3. The molecule has 8 atom stereocenters. The first-order valence-electron chi connectivity index (χ1n) is 13.8. The molecule has 5 rings (SSSR count). The van der Waals surface area contributed by atoms with Crippen molar-refractivity contribution in [1.29, 1.82) is 0 Å². The highest BCUT2D eigenvalue weighted by Gasteiger charge is 2.60. The van der Waals surface area contributed by atoms with Gasteiger partial charge in [0, 0.05) is 11.9 Å². The first kappa shape index (κ1) is 22.0. The molecule has 3 saturated carbocycles. The van der Waals surface area contributed by atoms with Gasteiger partial charge in [0.1, 0.15) is 0 Å². The van der Waals surface area contributed by atoms with E-state index in [4.69, 9.17) is 4.98 Å². The van der Waals surface area contributed by atoms with Crippen molar-refractivity contribution >= 4 is 0 Å². The van der Waals surface area contributed by atoms with Crippen LogP contribution in [0.3, 0.4) is 0 Å². The summed E-state index contributed by atoms with van der Waals surface area (Å²) in [5.41, 5.74) is 4.12. The molecule has 0 spiro atoms. The van der Waals surface area contributed by atoms with Gasteiger partial charge in [0.2, 0.25) is 0 Å². The standard InChI is InChI=1S/C30H47N/c1-20(2)8-6-9-21(3)25-13-14-26-24-12-11-23-18-28-22(10-7-17-31-28)19-30(23,5)27(24)15-16-29(25,26)4/h7,10,17,20-21,23-27H,6,8-9,11-16,18-19H2,1-5H3/t21-,23+,24+,25-,26+,27+,29-,30+/m1/s1. The second-order valence-electron chi connectivity index (χ2n) is 13.2. The van der Waals surface area contributed by atoms with Gasteiger partial charge in [0.25, 0.3) is 0 Å². The van der Waals surface area contributed by atoms with Crippen LogP contribution in [0.25, 0.3) is 0 Å². The Bertz CT molecular complexity index is 782. The van der Waals surface area contributed by atoms with Gasteiger partial charge in [-0.25, -0.2) is 0 Å². The van der Waals surface area contributed by atoms with E-state index >= 15 is 0 Å². The van der Waals surface area contributed by atoms with Crippen LogP contribution < -0.4 is 0 Å². The maximum absolute atomic E-state index is 4.77. The first-order chi connectivity index (χ1) is 14.8.